The van der Waals surface area contributed by atoms with Crippen LogP contribution in [-0.4, -0.2) is 29.0 Å². The van der Waals surface area contributed by atoms with Crippen molar-refractivity contribution in [3.05, 3.63) is 59.0 Å². The molecule has 1 aromatic heterocycles. The first kappa shape index (κ1) is 15.8. The fraction of sp³-hybridized carbons (Fsp3) is 0.421. The average Bonchev–Trinajstić information content (AvgIpc) is 2.93. The van der Waals surface area contributed by atoms with Crippen LogP contribution in [0, 0.1) is 19.8 Å². The van der Waals surface area contributed by atoms with E-state index >= 15 is 0 Å². The molecule has 4 heteroatoms. The molecule has 1 aliphatic heterocycles. The molecule has 1 aromatic carbocycles. The summed E-state index contributed by atoms with van der Waals surface area (Å²) in [7, 11) is 0. The number of benzene rings is 1. The molecule has 0 radical (unpaired) electrons. The molecule has 2 heterocycles. The fourth-order valence-corrected chi connectivity index (χ4v) is 3.34. The summed E-state index contributed by atoms with van der Waals surface area (Å²) >= 11 is 0. The number of amides is 1. The summed E-state index contributed by atoms with van der Waals surface area (Å²) < 4.78 is 5.53. The lowest BCUT2D eigenvalue weighted by atomic mass is 9.87. The molecule has 1 N–H and O–H groups in total. The van der Waals surface area contributed by atoms with E-state index in [2.05, 4.69) is 0 Å². The van der Waals surface area contributed by atoms with Gasteiger partial charge in [-0.3, -0.25) is 4.79 Å². The fourth-order valence-electron chi connectivity index (χ4n) is 3.34. The van der Waals surface area contributed by atoms with Gasteiger partial charge in [0.05, 0.1) is 6.10 Å². The van der Waals surface area contributed by atoms with E-state index in [1.165, 1.54) is 0 Å². The molecule has 0 bridgehead atoms. The number of aryl methyl sites for hydroxylation is 2. The lowest BCUT2D eigenvalue weighted by molar-refractivity contribution is 0.0441. The molecule has 2 aromatic rings. The first-order valence-corrected chi connectivity index (χ1v) is 8.15. The molecule has 122 valence electrons. The molecule has 23 heavy (non-hydrogen) atoms. The molecule has 1 atom stereocenters. The monoisotopic (exact) mass is 313 g/mol. The molecule has 1 unspecified atom stereocenters. The molecule has 1 aliphatic rings. The van der Waals surface area contributed by atoms with Crippen molar-refractivity contribution < 1.29 is 14.3 Å². The van der Waals surface area contributed by atoms with E-state index in [1.807, 2.05) is 55.1 Å². The molecule has 0 saturated carbocycles. The quantitative estimate of drug-likeness (QED) is 0.944. The lowest BCUT2D eigenvalue weighted by Crippen LogP contribution is -2.39. The van der Waals surface area contributed by atoms with Crippen molar-refractivity contribution in [2.45, 2.75) is 32.8 Å². The van der Waals surface area contributed by atoms with E-state index in [1.54, 1.807) is 0 Å². The van der Waals surface area contributed by atoms with Crippen LogP contribution in [0.3, 0.4) is 0 Å². The van der Waals surface area contributed by atoms with Gasteiger partial charge in [-0.25, -0.2) is 0 Å². The van der Waals surface area contributed by atoms with Gasteiger partial charge in [0.1, 0.15) is 5.76 Å². The Hall–Kier alpha value is -2.07. The zero-order valence-electron chi connectivity index (χ0n) is 13.7. The smallest absolute Gasteiger partial charge is 0.289 e. The highest BCUT2D eigenvalue weighted by atomic mass is 16.4. The third kappa shape index (κ3) is 3.32. The van der Waals surface area contributed by atoms with Crippen LogP contribution in [0.2, 0.25) is 0 Å². The number of nitrogens with zero attached hydrogens (tertiary/aromatic N) is 1. The first-order valence-electron chi connectivity index (χ1n) is 8.15. The molecule has 4 nitrogen and oxygen atoms in total. The summed E-state index contributed by atoms with van der Waals surface area (Å²) in [6.45, 7) is 5.07. The van der Waals surface area contributed by atoms with Gasteiger partial charge in [0.15, 0.2) is 5.76 Å². The zero-order valence-corrected chi connectivity index (χ0v) is 13.7. The summed E-state index contributed by atoms with van der Waals surface area (Å²) in [5.41, 5.74) is 1.84. The van der Waals surface area contributed by atoms with Crippen LogP contribution < -0.4 is 0 Å². The summed E-state index contributed by atoms with van der Waals surface area (Å²) in [4.78, 5) is 14.4. The van der Waals surface area contributed by atoms with Crippen molar-refractivity contribution in [2.75, 3.05) is 13.1 Å². The van der Waals surface area contributed by atoms with Gasteiger partial charge in [0.2, 0.25) is 0 Å². The van der Waals surface area contributed by atoms with E-state index in [9.17, 15) is 9.90 Å². The van der Waals surface area contributed by atoms with Crippen LogP contribution >= 0.6 is 0 Å². The Morgan fingerprint density at radius 3 is 2.43 bits per heavy atom. The van der Waals surface area contributed by atoms with Gasteiger partial charge < -0.3 is 14.4 Å². The minimum atomic E-state index is -0.457. The summed E-state index contributed by atoms with van der Waals surface area (Å²) in [6, 6.07) is 11.6. The van der Waals surface area contributed by atoms with Crippen molar-refractivity contribution in [3.63, 3.8) is 0 Å². The maximum atomic E-state index is 12.6. The average molecular weight is 313 g/mol. The Balaban J connectivity index is 1.62. The van der Waals surface area contributed by atoms with E-state index in [0.29, 0.717) is 18.8 Å². The van der Waals surface area contributed by atoms with Crippen molar-refractivity contribution in [2.24, 2.45) is 5.92 Å². The number of aliphatic hydroxyl groups excluding tert-OH is 1. The lowest BCUT2D eigenvalue weighted by Gasteiger charge is -2.34. The Morgan fingerprint density at radius 1 is 1.22 bits per heavy atom. The normalized spacial score (nSPS) is 17.3. The van der Waals surface area contributed by atoms with Crippen LogP contribution in [0.1, 0.15) is 46.4 Å². The standard InChI is InChI=1S/C19H23NO3/c1-13-12-14(2)23-18(13)19(22)20-10-8-16(9-11-20)17(21)15-6-4-3-5-7-15/h3-7,12,16-17,21H,8-11H2,1-2H3. The van der Waals surface area contributed by atoms with Gasteiger partial charge in [-0.05, 0) is 44.2 Å². The van der Waals surface area contributed by atoms with Crippen molar-refractivity contribution in [1.82, 2.24) is 4.90 Å². The Kier molecular flexibility index (Phi) is 4.53. The third-order valence-corrected chi connectivity index (χ3v) is 4.65. The topological polar surface area (TPSA) is 53.7 Å². The number of carbonyl (C=O) groups excluding carboxylic acids is 1. The van der Waals surface area contributed by atoms with Gasteiger partial charge in [-0.15, -0.1) is 0 Å². The van der Waals surface area contributed by atoms with E-state index < -0.39 is 6.10 Å². The highest BCUT2D eigenvalue weighted by Crippen LogP contribution is 2.31. The number of hydrogen-bond acceptors (Lipinski definition) is 3. The van der Waals surface area contributed by atoms with Crippen LogP contribution in [0.25, 0.3) is 0 Å². The maximum Gasteiger partial charge on any atom is 0.289 e. The molecular formula is C19H23NO3. The number of furan rings is 1. The summed E-state index contributed by atoms with van der Waals surface area (Å²) in [6.07, 6.45) is 1.15. The molecule has 1 saturated heterocycles. The Morgan fingerprint density at radius 2 is 1.87 bits per heavy atom. The van der Waals surface area contributed by atoms with Crippen LogP contribution in [0.4, 0.5) is 0 Å². The van der Waals surface area contributed by atoms with Gasteiger partial charge in [0, 0.05) is 18.7 Å². The highest BCUT2D eigenvalue weighted by molar-refractivity contribution is 5.93. The second kappa shape index (κ2) is 6.59. The number of hydrogen-bond donors (Lipinski definition) is 1. The third-order valence-electron chi connectivity index (χ3n) is 4.65. The Labute approximate surface area is 136 Å². The van der Waals surface area contributed by atoms with Crippen molar-refractivity contribution in [3.8, 4) is 0 Å². The molecular weight excluding hydrogens is 290 g/mol. The van der Waals surface area contributed by atoms with Crippen LogP contribution in [0.15, 0.2) is 40.8 Å². The minimum Gasteiger partial charge on any atom is -0.456 e. The predicted octanol–water partition coefficient (Wildman–Crippen LogP) is 3.48. The molecule has 3 rings (SSSR count). The van der Waals surface area contributed by atoms with Crippen molar-refractivity contribution >= 4 is 5.91 Å². The minimum absolute atomic E-state index is 0.0387. The zero-order chi connectivity index (χ0) is 16.4. The first-order chi connectivity index (χ1) is 11.1. The number of piperidine rings is 1. The van der Waals surface area contributed by atoms with Crippen LogP contribution in [0.5, 0.6) is 0 Å². The van der Waals surface area contributed by atoms with Gasteiger partial charge >= 0.3 is 0 Å². The van der Waals surface area contributed by atoms with Gasteiger partial charge in [-0.2, -0.15) is 0 Å². The molecule has 1 amide bonds. The highest BCUT2D eigenvalue weighted by Gasteiger charge is 2.30. The molecule has 0 spiro atoms. The second-order valence-electron chi connectivity index (χ2n) is 6.35. The summed E-state index contributed by atoms with van der Waals surface area (Å²) in [5.74, 6) is 1.37. The second-order valence-corrected chi connectivity index (χ2v) is 6.35. The van der Waals surface area contributed by atoms with E-state index in [-0.39, 0.29) is 11.8 Å². The van der Waals surface area contributed by atoms with E-state index in [4.69, 9.17) is 4.42 Å². The van der Waals surface area contributed by atoms with Crippen LogP contribution in [-0.2, 0) is 0 Å². The van der Waals surface area contributed by atoms with Gasteiger partial charge in [0.25, 0.3) is 5.91 Å². The van der Waals surface area contributed by atoms with Crippen molar-refractivity contribution in [1.29, 1.82) is 0 Å². The SMILES string of the molecule is Cc1cc(C)c(C(=O)N2CCC(C(O)c3ccccc3)CC2)o1. The number of carbonyl (C=O) groups is 1. The molecule has 1 fully saturated rings. The van der Waals surface area contributed by atoms with Gasteiger partial charge in [-0.1, -0.05) is 30.3 Å². The maximum absolute atomic E-state index is 12.6. The molecule has 0 aliphatic carbocycles. The Bertz CT molecular complexity index is 669. The number of rotatable bonds is 3. The summed E-state index contributed by atoms with van der Waals surface area (Å²) in [5, 5.41) is 10.5. The largest absolute Gasteiger partial charge is 0.456 e. The predicted molar refractivity (Wildman–Crippen MR) is 88.2 cm³/mol. The van der Waals surface area contributed by atoms with E-state index in [0.717, 1.165) is 29.7 Å². The number of aliphatic hydroxyl groups is 1. The number of likely N-dealkylation sites (tertiary alicyclic amines) is 1.